The van der Waals surface area contributed by atoms with Crippen LogP contribution in [0.3, 0.4) is 0 Å². The van der Waals surface area contributed by atoms with Crippen LogP contribution >= 0.6 is 0 Å². The van der Waals surface area contributed by atoms with Crippen LogP contribution in [0.1, 0.15) is 30.7 Å². The largest absolute Gasteiger partial charge is 0.463 e. The Labute approximate surface area is 119 Å². The van der Waals surface area contributed by atoms with Crippen molar-refractivity contribution in [2.45, 2.75) is 19.4 Å². The number of carbonyl (C=O) groups excluding carboxylic acids is 1. The van der Waals surface area contributed by atoms with E-state index < -0.39 is 0 Å². The van der Waals surface area contributed by atoms with E-state index in [1.165, 1.54) is 0 Å². The Morgan fingerprint density at radius 3 is 2.70 bits per heavy atom. The van der Waals surface area contributed by atoms with Crippen molar-refractivity contribution in [1.29, 1.82) is 0 Å². The van der Waals surface area contributed by atoms with Gasteiger partial charge in [0, 0.05) is 12.1 Å². The van der Waals surface area contributed by atoms with Crippen molar-refractivity contribution < 1.29 is 14.5 Å². The summed E-state index contributed by atoms with van der Waals surface area (Å²) in [6.07, 6.45) is 2.61. The van der Waals surface area contributed by atoms with E-state index in [1.807, 2.05) is 54.7 Å². The third kappa shape index (κ3) is 3.96. The molecule has 2 aromatic rings. The van der Waals surface area contributed by atoms with Gasteiger partial charge in [-0.15, -0.1) is 0 Å². The molecule has 0 aliphatic rings. The van der Waals surface area contributed by atoms with Crippen LogP contribution in [-0.4, -0.2) is 19.0 Å². The van der Waals surface area contributed by atoms with E-state index >= 15 is 0 Å². The highest BCUT2D eigenvalue weighted by Crippen LogP contribution is 2.18. The average Bonchev–Trinajstić information content (AvgIpc) is 3.00. The molecule has 0 saturated heterocycles. The maximum atomic E-state index is 11.7. The third-order valence-electron chi connectivity index (χ3n) is 3.12. The molecule has 1 amide bonds. The summed E-state index contributed by atoms with van der Waals surface area (Å²) in [5.41, 5.74) is 1.13. The number of nitrogens with two attached hydrogens (primary N) is 1. The van der Waals surface area contributed by atoms with Crippen molar-refractivity contribution in [3.05, 3.63) is 60.1 Å². The van der Waals surface area contributed by atoms with Crippen LogP contribution in [0.5, 0.6) is 0 Å². The number of furan rings is 1. The summed E-state index contributed by atoms with van der Waals surface area (Å²) in [7, 11) is 0. The second-order valence-electron chi connectivity index (χ2n) is 4.69. The van der Waals surface area contributed by atoms with Gasteiger partial charge >= 0.3 is 0 Å². The summed E-state index contributed by atoms with van der Waals surface area (Å²) in [5.74, 6) is 0.916. The molecule has 0 unspecified atom stereocenters. The fourth-order valence-electron chi connectivity index (χ4n) is 2.11. The van der Waals surface area contributed by atoms with Crippen molar-refractivity contribution in [2.24, 2.45) is 0 Å². The molecule has 0 spiro atoms. The number of quaternary nitrogens is 1. The van der Waals surface area contributed by atoms with E-state index in [0.717, 1.165) is 24.3 Å². The molecular formula is C16H21N2O2+. The Morgan fingerprint density at radius 2 is 2.05 bits per heavy atom. The van der Waals surface area contributed by atoms with Crippen LogP contribution < -0.4 is 10.6 Å². The third-order valence-corrected chi connectivity index (χ3v) is 3.12. The van der Waals surface area contributed by atoms with Crippen LogP contribution in [0.15, 0.2) is 53.1 Å². The van der Waals surface area contributed by atoms with E-state index in [0.29, 0.717) is 6.54 Å². The number of nitrogens with one attached hydrogen (secondary N) is 1. The molecule has 4 heteroatoms. The molecule has 0 aliphatic heterocycles. The maximum absolute atomic E-state index is 11.7. The van der Waals surface area contributed by atoms with Gasteiger partial charge in [-0.05, 0) is 18.6 Å². The predicted octanol–water partition coefficient (Wildman–Crippen LogP) is 1.46. The Hall–Kier alpha value is -2.07. The molecule has 1 atom stereocenters. The first-order valence-corrected chi connectivity index (χ1v) is 6.99. The van der Waals surface area contributed by atoms with Crippen LogP contribution in [0.2, 0.25) is 0 Å². The van der Waals surface area contributed by atoms with Crippen molar-refractivity contribution >= 4 is 5.91 Å². The second kappa shape index (κ2) is 7.50. The average molecular weight is 273 g/mol. The highest BCUT2D eigenvalue weighted by atomic mass is 16.3. The monoisotopic (exact) mass is 273 g/mol. The fraction of sp³-hybridized carbons (Fsp3) is 0.312. The summed E-state index contributed by atoms with van der Waals surface area (Å²) in [6.45, 7) is 3.16. The molecule has 0 fully saturated rings. The first kappa shape index (κ1) is 14.3. The number of amides is 1. The van der Waals surface area contributed by atoms with E-state index in [9.17, 15) is 4.79 Å². The smallest absolute Gasteiger partial charge is 0.275 e. The van der Waals surface area contributed by atoms with E-state index in [2.05, 4.69) is 5.32 Å². The molecule has 4 nitrogen and oxygen atoms in total. The highest BCUT2D eigenvalue weighted by molar-refractivity contribution is 5.76. The number of hydrogen-bond donors (Lipinski definition) is 2. The number of rotatable bonds is 7. The summed E-state index contributed by atoms with van der Waals surface area (Å²) < 4.78 is 5.50. The molecule has 1 heterocycles. The normalized spacial score (nSPS) is 12.1. The van der Waals surface area contributed by atoms with Gasteiger partial charge in [-0.1, -0.05) is 37.3 Å². The van der Waals surface area contributed by atoms with Gasteiger partial charge in [0.15, 0.2) is 18.3 Å². The topological polar surface area (TPSA) is 58.9 Å². The van der Waals surface area contributed by atoms with Crippen LogP contribution in [0.25, 0.3) is 0 Å². The van der Waals surface area contributed by atoms with Crippen molar-refractivity contribution in [1.82, 2.24) is 5.32 Å². The zero-order valence-corrected chi connectivity index (χ0v) is 11.7. The van der Waals surface area contributed by atoms with Gasteiger partial charge in [-0.25, -0.2) is 0 Å². The molecule has 1 aromatic carbocycles. The fourth-order valence-corrected chi connectivity index (χ4v) is 2.11. The molecule has 0 radical (unpaired) electrons. The Balaban J connectivity index is 2.03. The summed E-state index contributed by atoms with van der Waals surface area (Å²) in [6, 6.07) is 13.9. The zero-order valence-electron chi connectivity index (χ0n) is 11.7. The summed E-state index contributed by atoms with van der Waals surface area (Å²) in [4.78, 5) is 11.7. The number of carbonyl (C=O) groups is 1. The van der Waals surface area contributed by atoms with E-state index in [-0.39, 0.29) is 11.9 Å². The molecule has 0 aliphatic carbocycles. The Bertz CT molecular complexity index is 509. The first-order chi connectivity index (χ1) is 9.81. The molecule has 3 N–H and O–H groups in total. The minimum Gasteiger partial charge on any atom is -0.463 e. The van der Waals surface area contributed by atoms with Crippen molar-refractivity contribution in [3.8, 4) is 0 Å². The lowest BCUT2D eigenvalue weighted by atomic mass is 10.0. The van der Waals surface area contributed by atoms with Gasteiger partial charge in [0.1, 0.15) is 0 Å². The summed E-state index contributed by atoms with van der Waals surface area (Å²) in [5, 5.41) is 4.88. The number of benzene rings is 1. The van der Waals surface area contributed by atoms with Gasteiger partial charge in [0.2, 0.25) is 0 Å². The first-order valence-electron chi connectivity index (χ1n) is 6.99. The lowest BCUT2D eigenvalue weighted by molar-refractivity contribution is -0.678. The molecule has 1 aromatic heterocycles. The van der Waals surface area contributed by atoms with Crippen molar-refractivity contribution in [2.75, 3.05) is 13.1 Å². The Morgan fingerprint density at radius 1 is 1.25 bits per heavy atom. The van der Waals surface area contributed by atoms with Gasteiger partial charge in [0.25, 0.3) is 5.91 Å². The van der Waals surface area contributed by atoms with E-state index in [4.69, 9.17) is 4.42 Å². The minimum atomic E-state index is 0.0126. The highest BCUT2D eigenvalue weighted by Gasteiger charge is 2.21. The molecule has 106 valence electrons. The Kier molecular flexibility index (Phi) is 5.38. The quantitative estimate of drug-likeness (QED) is 0.802. The van der Waals surface area contributed by atoms with Gasteiger partial charge < -0.3 is 15.1 Å². The molecule has 0 saturated carbocycles. The SMILES string of the molecule is CCCNC(=O)C[NH2+][C@H](c1ccccc1)c1ccco1. The molecule has 2 rings (SSSR count). The summed E-state index contributed by atoms with van der Waals surface area (Å²) >= 11 is 0. The lowest BCUT2D eigenvalue weighted by Gasteiger charge is -2.13. The van der Waals surface area contributed by atoms with Crippen LogP contribution in [0, 0.1) is 0 Å². The van der Waals surface area contributed by atoms with Gasteiger partial charge in [0.05, 0.1) is 6.26 Å². The zero-order chi connectivity index (χ0) is 14.2. The maximum Gasteiger partial charge on any atom is 0.275 e. The molecule has 0 bridgehead atoms. The van der Waals surface area contributed by atoms with Gasteiger partial charge in [-0.3, -0.25) is 4.79 Å². The van der Waals surface area contributed by atoms with Gasteiger partial charge in [-0.2, -0.15) is 0 Å². The minimum absolute atomic E-state index is 0.0126. The van der Waals surface area contributed by atoms with Crippen LogP contribution in [-0.2, 0) is 4.79 Å². The molecule has 20 heavy (non-hydrogen) atoms. The molecular weight excluding hydrogens is 252 g/mol. The standard InChI is InChI=1S/C16H20N2O2/c1-2-10-17-15(19)12-18-16(14-9-6-11-20-14)13-7-4-3-5-8-13/h3-9,11,16,18H,2,10,12H2,1H3,(H,17,19)/p+1/t16-/m1/s1. The van der Waals surface area contributed by atoms with Crippen LogP contribution in [0.4, 0.5) is 0 Å². The second-order valence-corrected chi connectivity index (χ2v) is 4.69. The van der Waals surface area contributed by atoms with E-state index in [1.54, 1.807) is 6.26 Å². The van der Waals surface area contributed by atoms with Crippen molar-refractivity contribution in [3.63, 3.8) is 0 Å². The predicted molar refractivity (Wildman–Crippen MR) is 77.1 cm³/mol. The lowest BCUT2D eigenvalue weighted by Crippen LogP contribution is -2.87. The number of hydrogen-bond acceptors (Lipinski definition) is 2.